The molecule has 0 saturated carbocycles. The molecule has 7 nitrogen and oxygen atoms in total. The summed E-state index contributed by atoms with van der Waals surface area (Å²) in [5, 5.41) is 15.9. The van der Waals surface area contributed by atoms with E-state index in [2.05, 4.69) is 25.4 Å². The van der Waals surface area contributed by atoms with Gasteiger partial charge in [0.1, 0.15) is 6.07 Å². The van der Waals surface area contributed by atoms with E-state index in [1.54, 1.807) is 24.3 Å². The minimum absolute atomic E-state index is 0.180. The van der Waals surface area contributed by atoms with Crippen LogP contribution in [0, 0.1) is 11.3 Å². The van der Waals surface area contributed by atoms with Crippen molar-refractivity contribution in [3.8, 4) is 17.5 Å². The molecule has 0 fully saturated rings. The molecule has 0 saturated heterocycles. The number of benzene rings is 1. The van der Waals surface area contributed by atoms with Crippen molar-refractivity contribution in [1.82, 2.24) is 20.1 Å². The molecule has 1 aromatic carbocycles. The Labute approximate surface area is 138 Å². The number of nitrogens with one attached hydrogen (secondary N) is 1. The summed E-state index contributed by atoms with van der Waals surface area (Å²) in [4.78, 5) is 12.1. The highest BCUT2D eigenvalue weighted by atomic mass is 35.5. The molecule has 8 heteroatoms. The number of hydrogen-bond acceptors (Lipinski definition) is 7. The van der Waals surface area contributed by atoms with Crippen molar-refractivity contribution in [2.45, 2.75) is 13.8 Å². The van der Waals surface area contributed by atoms with Crippen molar-refractivity contribution in [3.05, 3.63) is 47.4 Å². The predicted molar refractivity (Wildman–Crippen MR) is 86.1 cm³/mol. The summed E-state index contributed by atoms with van der Waals surface area (Å²) >= 11 is 5.82. The summed E-state index contributed by atoms with van der Waals surface area (Å²) in [5.74, 6) is 0.830. The van der Waals surface area contributed by atoms with Crippen molar-refractivity contribution in [2.75, 3.05) is 5.32 Å². The molecule has 2 aromatic heterocycles. The van der Waals surface area contributed by atoms with Crippen molar-refractivity contribution < 1.29 is 4.52 Å². The second kappa shape index (κ2) is 7.87. The minimum Gasteiger partial charge on any atom is -0.315 e. The number of nitrogens with zero attached hydrogens (tertiary/aromatic N) is 5. The molecule has 0 aliphatic carbocycles. The van der Waals surface area contributed by atoms with Gasteiger partial charge in [0.15, 0.2) is 11.5 Å². The monoisotopic (exact) mass is 328 g/mol. The Bertz CT molecular complexity index is 792. The summed E-state index contributed by atoms with van der Waals surface area (Å²) in [5.41, 5.74) is 1.01. The van der Waals surface area contributed by atoms with Gasteiger partial charge in [0.05, 0.1) is 12.4 Å². The van der Waals surface area contributed by atoms with Crippen molar-refractivity contribution in [2.24, 2.45) is 0 Å². The summed E-state index contributed by atoms with van der Waals surface area (Å²) < 4.78 is 5.07. The quantitative estimate of drug-likeness (QED) is 0.779. The zero-order chi connectivity index (χ0) is 16.7. The van der Waals surface area contributed by atoms with Gasteiger partial charge in [-0.05, 0) is 24.3 Å². The number of hydrogen-bond donors (Lipinski definition) is 1. The summed E-state index contributed by atoms with van der Waals surface area (Å²) in [6.07, 6.45) is 2.75. The second-order valence-corrected chi connectivity index (χ2v) is 4.39. The molecule has 1 N–H and O–H groups in total. The average Bonchev–Trinajstić information content (AvgIpc) is 3.06. The van der Waals surface area contributed by atoms with Gasteiger partial charge in [0.25, 0.3) is 0 Å². The molecule has 23 heavy (non-hydrogen) atoms. The normalized spacial score (nSPS) is 9.48. The maximum atomic E-state index is 8.64. The van der Waals surface area contributed by atoms with E-state index < -0.39 is 0 Å². The first-order valence-electron chi connectivity index (χ1n) is 6.83. The molecule has 0 atom stereocenters. The highest BCUT2D eigenvalue weighted by Gasteiger charge is 2.09. The van der Waals surface area contributed by atoms with E-state index in [1.165, 1.54) is 12.4 Å². The lowest BCUT2D eigenvalue weighted by Crippen LogP contribution is -1.95. The Morgan fingerprint density at radius 1 is 1.13 bits per heavy atom. The molecule has 3 rings (SSSR count). The molecule has 0 spiro atoms. The largest absolute Gasteiger partial charge is 0.327 e. The lowest BCUT2D eigenvalue weighted by atomic mass is 10.2. The fourth-order valence-corrected chi connectivity index (χ4v) is 1.68. The van der Waals surface area contributed by atoms with Gasteiger partial charge in [-0.1, -0.05) is 30.6 Å². The van der Waals surface area contributed by atoms with Gasteiger partial charge in [0, 0.05) is 10.6 Å². The molecular formula is C15H13ClN6O. The van der Waals surface area contributed by atoms with Gasteiger partial charge < -0.3 is 4.52 Å². The average molecular weight is 329 g/mol. The van der Waals surface area contributed by atoms with Gasteiger partial charge in [0.2, 0.25) is 5.82 Å². The van der Waals surface area contributed by atoms with E-state index in [1.807, 2.05) is 19.9 Å². The fraction of sp³-hybridized carbons (Fsp3) is 0.133. The smallest absolute Gasteiger partial charge is 0.315 e. The highest BCUT2D eigenvalue weighted by Crippen LogP contribution is 2.21. The molecular weight excluding hydrogens is 316 g/mol. The molecule has 0 aliphatic heterocycles. The molecule has 2 heterocycles. The van der Waals surface area contributed by atoms with Crippen LogP contribution in [0.3, 0.4) is 0 Å². The predicted octanol–water partition coefficient (Wildman–Crippen LogP) is 3.82. The molecule has 0 radical (unpaired) electrons. The van der Waals surface area contributed by atoms with E-state index >= 15 is 0 Å². The Balaban J connectivity index is 0.000000924. The molecule has 116 valence electrons. The Hall–Kier alpha value is -2.98. The van der Waals surface area contributed by atoms with Gasteiger partial charge in [-0.3, -0.25) is 5.32 Å². The number of anilines is 2. The van der Waals surface area contributed by atoms with E-state index in [4.69, 9.17) is 21.4 Å². The SMILES string of the molecule is CC.N#Cc1cnc(Nc2nc(-c3ccc(Cl)cc3)no2)cn1. The number of rotatable bonds is 3. The summed E-state index contributed by atoms with van der Waals surface area (Å²) in [7, 11) is 0. The van der Waals surface area contributed by atoms with Crippen LogP contribution in [0.4, 0.5) is 11.8 Å². The van der Waals surface area contributed by atoms with Crippen LogP contribution in [-0.2, 0) is 0 Å². The van der Waals surface area contributed by atoms with Crippen LogP contribution < -0.4 is 5.32 Å². The van der Waals surface area contributed by atoms with Crippen molar-refractivity contribution >= 4 is 23.4 Å². The lowest BCUT2D eigenvalue weighted by Gasteiger charge is -1.97. The molecule has 0 unspecified atom stereocenters. The van der Waals surface area contributed by atoms with Gasteiger partial charge >= 0.3 is 6.01 Å². The molecule has 0 aliphatic rings. The maximum Gasteiger partial charge on any atom is 0.327 e. The zero-order valence-corrected chi connectivity index (χ0v) is 13.2. The van der Waals surface area contributed by atoms with Crippen LogP contribution in [0.1, 0.15) is 19.5 Å². The Morgan fingerprint density at radius 2 is 1.87 bits per heavy atom. The summed E-state index contributed by atoms with van der Waals surface area (Å²) in [6.45, 7) is 4.00. The van der Waals surface area contributed by atoms with E-state index in [-0.39, 0.29) is 11.7 Å². The fourth-order valence-electron chi connectivity index (χ4n) is 1.55. The first-order chi connectivity index (χ1) is 11.2. The van der Waals surface area contributed by atoms with E-state index in [0.29, 0.717) is 16.7 Å². The minimum atomic E-state index is 0.180. The Kier molecular flexibility index (Phi) is 5.61. The molecule has 0 amide bonds. The number of nitriles is 1. The van der Waals surface area contributed by atoms with E-state index in [9.17, 15) is 0 Å². The maximum absolute atomic E-state index is 8.64. The summed E-state index contributed by atoms with van der Waals surface area (Å²) in [6, 6.07) is 9.13. The second-order valence-electron chi connectivity index (χ2n) is 3.95. The van der Waals surface area contributed by atoms with Crippen LogP contribution in [0.15, 0.2) is 41.2 Å². The lowest BCUT2D eigenvalue weighted by molar-refractivity contribution is 0.435. The third-order valence-electron chi connectivity index (χ3n) is 2.53. The van der Waals surface area contributed by atoms with Crippen molar-refractivity contribution in [1.29, 1.82) is 5.26 Å². The van der Waals surface area contributed by atoms with Crippen LogP contribution in [0.25, 0.3) is 11.4 Å². The van der Waals surface area contributed by atoms with Crippen LogP contribution >= 0.6 is 11.6 Å². The first-order valence-corrected chi connectivity index (χ1v) is 7.21. The Morgan fingerprint density at radius 3 is 2.48 bits per heavy atom. The standard InChI is InChI=1S/C13H7ClN6O.C2H6/c14-9-3-1-8(2-4-9)12-19-13(21-20-12)18-11-7-16-10(5-15)6-17-11;1-2/h1-4,6-7H,(H,17,18,19,20);1-2H3. The van der Waals surface area contributed by atoms with Crippen LogP contribution in [-0.4, -0.2) is 20.1 Å². The zero-order valence-electron chi connectivity index (χ0n) is 12.5. The van der Waals surface area contributed by atoms with Gasteiger partial charge in [-0.25, -0.2) is 9.97 Å². The van der Waals surface area contributed by atoms with Crippen LogP contribution in [0.2, 0.25) is 5.02 Å². The third-order valence-corrected chi connectivity index (χ3v) is 2.78. The van der Waals surface area contributed by atoms with Crippen molar-refractivity contribution in [3.63, 3.8) is 0 Å². The molecule has 3 aromatic rings. The topological polar surface area (TPSA) is 101 Å². The van der Waals surface area contributed by atoms with Gasteiger partial charge in [-0.15, -0.1) is 0 Å². The first kappa shape index (κ1) is 16.4. The number of aromatic nitrogens is 4. The van der Waals surface area contributed by atoms with E-state index in [0.717, 1.165) is 5.56 Å². The number of halogens is 1. The molecule has 0 bridgehead atoms. The van der Waals surface area contributed by atoms with Crippen LogP contribution in [0.5, 0.6) is 0 Å². The third kappa shape index (κ3) is 4.25. The van der Waals surface area contributed by atoms with Gasteiger partial charge in [-0.2, -0.15) is 10.2 Å². The highest BCUT2D eigenvalue weighted by molar-refractivity contribution is 6.30.